The van der Waals surface area contributed by atoms with E-state index in [1.807, 2.05) is 18.6 Å². The average Bonchev–Trinajstić information content (AvgIpc) is 2.40. The van der Waals surface area contributed by atoms with Crippen LogP contribution in [-0.4, -0.2) is 30.6 Å². The number of carbonyl (C=O) groups is 1. The Bertz CT molecular complexity index is 347. The molecule has 2 rings (SSSR count). The number of anilines is 1. The van der Waals surface area contributed by atoms with E-state index in [9.17, 15) is 4.79 Å². The summed E-state index contributed by atoms with van der Waals surface area (Å²) in [5, 5.41) is 4.32. The Morgan fingerprint density at radius 3 is 3.15 bits per heavy atom. The van der Waals surface area contributed by atoms with E-state index < -0.39 is 0 Å². The molecule has 0 aromatic carbocycles. The fraction of sp³-hybridized carbons (Fsp3) is 0.500. The van der Waals surface area contributed by atoms with Crippen LogP contribution in [0.1, 0.15) is 12.8 Å². The highest BCUT2D eigenvalue weighted by molar-refractivity contribution is 6.31. The maximum Gasteiger partial charge on any atom is 0.227 e. The molecule has 1 aromatic rings. The second-order valence-electron chi connectivity index (χ2n) is 3.42. The van der Waals surface area contributed by atoms with E-state index in [0.717, 1.165) is 24.4 Å². The molecule has 0 saturated carbocycles. The molecular weight excluding hydrogens is 165 g/mol. The van der Waals surface area contributed by atoms with Gasteiger partial charge in [0.2, 0.25) is 5.91 Å². The third-order valence-electron chi connectivity index (χ3n) is 2.36. The Hall–Kier alpha value is -1.26. The maximum atomic E-state index is 11.5. The smallest absolute Gasteiger partial charge is 0.227 e. The number of amides is 1. The van der Waals surface area contributed by atoms with Gasteiger partial charge in [0.05, 0.1) is 0 Å². The van der Waals surface area contributed by atoms with E-state index in [4.69, 9.17) is 0 Å². The monoisotopic (exact) mass is 177 g/mol. The Balaban J connectivity index is 2.44. The van der Waals surface area contributed by atoms with Gasteiger partial charge in [0.15, 0.2) is 7.85 Å². The summed E-state index contributed by atoms with van der Waals surface area (Å²) in [6.45, 7) is 0.846. The predicted octanol–water partition coefficient (Wildman–Crippen LogP) is -1.10. The first kappa shape index (κ1) is 8.35. The van der Waals surface area contributed by atoms with Crippen LogP contribution in [0.2, 0.25) is 0 Å². The van der Waals surface area contributed by atoms with Crippen molar-refractivity contribution in [1.29, 1.82) is 0 Å². The molecule has 0 saturated heterocycles. The Morgan fingerprint density at radius 2 is 2.38 bits per heavy atom. The molecule has 0 unspecified atom stereocenters. The fourth-order valence-corrected chi connectivity index (χ4v) is 1.64. The summed E-state index contributed by atoms with van der Waals surface area (Å²) in [5.74, 6) is 1.10. The number of hydrogen-bond acceptors (Lipinski definition) is 2. The topological polar surface area (TPSA) is 38.1 Å². The van der Waals surface area contributed by atoms with Crippen molar-refractivity contribution < 1.29 is 4.79 Å². The molecule has 0 radical (unpaired) electrons. The van der Waals surface area contributed by atoms with Crippen LogP contribution in [0, 0.1) is 0 Å². The zero-order valence-corrected chi connectivity index (χ0v) is 7.95. The maximum absolute atomic E-state index is 11.5. The van der Waals surface area contributed by atoms with E-state index in [0.29, 0.717) is 6.42 Å². The van der Waals surface area contributed by atoms with Crippen LogP contribution in [-0.2, 0) is 11.3 Å². The molecule has 0 aliphatic carbocycles. The van der Waals surface area contributed by atoms with Crippen LogP contribution in [0.3, 0.4) is 0 Å². The van der Waals surface area contributed by atoms with Gasteiger partial charge in [-0.15, -0.1) is 0 Å². The number of aryl methyl sites for hydroxylation is 1. The SMILES string of the molecule is Bc1cc2n(n1)CCCC(=O)N2C. The first-order valence-electron chi connectivity index (χ1n) is 4.49. The second-order valence-corrected chi connectivity index (χ2v) is 3.42. The molecule has 1 amide bonds. The van der Waals surface area contributed by atoms with Crippen molar-refractivity contribution in [1.82, 2.24) is 9.78 Å². The third-order valence-corrected chi connectivity index (χ3v) is 2.36. The summed E-state index contributed by atoms with van der Waals surface area (Å²) in [7, 11) is 3.75. The molecule has 2 heterocycles. The zero-order chi connectivity index (χ0) is 9.42. The molecule has 0 atom stereocenters. The first-order chi connectivity index (χ1) is 6.18. The first-order valence-corrected chi connectivity index (χ1v) is 4.49. The highest BCUT2D eigenvalue weighted by Gasteiger charge is 2.19. The summed E-state index contributed by atoms with van der Waals surface area (Å²) in [5.41, 5.74) is 0.969. The van der Waals surface area contributed by atoms with Gasteiger partial charge in [-0.05, 0) is 12.5 Å². The average molecular weight is 177 g/mol. The summed E-state index contributed by atoms with van der Waals surface area (Å²) in [4.78, 5) is 13.2. The normalized spacial score (nSPS) is 17.0. The minimum Gasteiger partial charge on any atom is -0.300 e. The van der Waals surface area contributed by atoms with Crippen LogP contribution >= 0.6 is 0 Å². The van der Waals surface area contributed by atoms with Gasteiger partial charge in [0, 0.05) is 25.6 Å². The van der Waals surface area contributed by atoms with Gasteiger partial charge < -0.3 is 4.90 Å². The number of fused-ring (bicyclic) bond motifs is 1. The van der Waals surface area contributed by atoms with Gasteiger partial charge in [-0.2, -0.15) is 5.10 Å². The van der Waals surface area contributed by atoms with Gasteiger partial charge in [-0.3, -0.25) is 4.79 Å². The largest absolute Gasteiger partial charge is 0.300 e. The van der Waals surface area contributed by atoms with Crippen molar-refractivity contribution in [2.45, 2.75) is 19.4 Å². The van der Waals surface area contributed by atoms with E-state index in [1.54, 1.807) is 11.9 Å². The molecule has 0 spiro atoms. The highest BCUT2D eigenvalue weighted by Crippen LogP contribution is 2.16. The summed E-state index contributed by atoms with van der Waals surface area (Å²) in [6.07, 6.45) is 1.51. The van der Waals surface area contributed by atoms with Crippen LogP contribution in [0.25, 0.3) is 0 Å². The lowest BCUT2D eigenvalue weighted by molar-refractivity contribution is -0.118. The molecule has 68 valence electrons. The Morgan fingerprint density at radius 1 is 1.62 bits per heavy atom. The summed E-state index contributed by atoms with van der Waals surface area (Å²) < 4.78 is 1.90. The lowest BCUT2D eigenvalue weighted by Crippen LogP contribution is -2.25. The van der Waals surface area contributed by atoms with Crippen molar-refractivity contribution >= 4 is 25.2 Å². The molecule has 0 N–H and O–H groups in total. The predicted molar refractivity (Wildman–Crippen MR) is 53.0 cm³/mol. The standard InChI is InChI=1S/C8H12BN3O/c1-11-7-5-6(9)10-12(7)4-2-3-8(11)13/h5H,2-4,9H2,1H3. The lowest BCUT2D eigenvalue weighted by Gasteiger charge is -2.13. The zero-order valence-electron chi connectivity index (χ0n) is 7.95. The molecule has 4 nitrogen and oxygen atoms in total. The van der Waals surface area contributed by atoms with E-state index in [1.165, 1.54) is 0 Å². The summed E-state index contributed by atoms with van der Waals surface area (Å²) in [6, 6.07) is 1.95. The van der Waals surface area contributed by atoms with Gasteiger partial charge in [0.25, 0.3) is 0 Å². The fourth-order valence-electron chi connectivity index (χ4n) is 1.64. The highest BCUT2D eigenvalue weighted by atomic mass is 16.2. The van der Waals surface area contributed by atoms with Gasteiger partial charge in [-0.1, -0.05) is 0 Å². The van der Waals surface area contributed by atoms with Crippen molar-refractivity contribution in [3.05, 3.63) is 6.07 Å². The number of hydrogen-bond donors (Lipinski definition) is 0. The molecule has 13 heavy (non-hydrogen) atoms. The Kier molecular flexibility index (Phi) is 1.86. The molecule has 1 aliphatic heterocycles. The van der Waals surface area contributed by atoms with Gasteiger partial charge in [-0.25, -0.2) is 4.68 Å². The third kappa shape index (κ3) is 1.34. The van der Waals surface area contributed by atoms with Crippen molar-refractivity contribution in [3.8, 4) is 0 Å². The summed E-state index contributed by atoms with van der Waals surface area (Å²) >= 11 is 0. The van der Waals surface area contributed by atoms with Crippen LogP contribution in [0.4, 0.5) is 5.82 Å². The quantitative estimate of drug-likeness (QED) is 0.471. The molecule has 0 fully saturated rings. The molecule has 1 aromatic heterocycles. The van der Waals surface area contributed by atoms with E-state index in [-0.39, 0.29) is 5.91 Å². The van der Waals surface area contributed by atoms with Gasteiger partial charge in [0.1, 0.15) is 5.82 Å². The van der Waals surface area contributed by atoms with Crippen LogP contribution < -0.4 is 10.5 Å². The van der Waals surface area contributed by atoms with E-state index in [2.05, 4.69) is 5.10 Å². The molecular formula is C8H12BN3O. The number of nitrogens with zero attached hydrogens (tertiary/aromatic N) is 3. The van der Waals surface area contributed by atoms with Crippen LogP contribution in [0.15, 0.2) is 6.07 Å². The number of aromatic nitrogens is 2. The molecule has 1 aliphatic rings. The lowest BCUT2D eigenvalue weighted by atomic mass is 10.1. The second kappa shape index (κ2) is 2.90. The van der Waals surface area contributed by atoms with E-state index >= 15 is 0 Å². The molecule has 5 heteroatoms. The molecule has 0 bridgehead atoms. The van der Waals surface area contributed by atoms with Gasteiger partial charge >= 0.3 is 0 Å². The van der Waals surface area contributed by atoms with Crippen molar-refractivity contribution in [2.75, 3.05) is 11.9 Å². The van der Waals surface area contributed by atoms with Crippen molar-refractivity contribution in [2.24, 2.45) is 0 Å². The minimum absolute atomic E-state index is 0.179. The Labute approximate surface area is 77.9 Å². The minimum atomic E-state index is 0.179. The van der Waals surface area contributed by atoms with Crippen molar-refractivity contribution in [3.63, 3.8) is 0 Å². The number of rotatable bonds is 0. The number of carbonyl (C=O) groups excluding carboxylic acids is 1. The van der Waals surface area contributed by atoms with Crippen LogP contribution in [0.5, 0.6) is 0 Å².